The molecule has 0 saturated carbocycles. The number of hydrogen-bond acceptors (Lipinski definition) is 1. The predicted molar refractivity (Wildman–Crippen MR) is 98.1 cm³/mol. The van der Waals surface area contributed by atoms with E-state index >= 15 is 0 Å². The molecule has 2 heteroatoms. The molecule has 114 valence electrons. The van der Waals surface area contributed by atoms with E-state index in [1.165, 1.54) is 16.5 Å². The monoisotopic (exact) mass is 301 g/mol. The number of nitrogens with zero attached hydrogens (tertiary/aromatic N) is 1. The minimum absolute atomic E-state index is 0.978. The van der Waals surface area contributed by atoms with Gasteiger partial charge < -0.3 is 5.32 Å². The molecule has 0 aliphatic rings. The lowest BCUT2D eigenvalue weighted by molar-refractivity contribution is -0.667. The van der Waals surface area contributed by atoms with Gasteiger partial charge in [-0.25, -0.2) is 0 Å². The second-order valence-electron chi connectivity index (χ2n) is 5.30. The van der Waals surface area contributed by atoms with Crippen LogP contribution in [0.1, 0.15) is 12.5 Å². The Morgan fingerprint density at radius 3 is 2.52 bits per heavy atom. The minimum Gasteiger partial charge on any atom is -0.362 e. The average Bonchev–Trinajstić information content (AvgIpc) is 2.62. The van der Waals surface area contributed by atoms with Gasteiger partial charge in [-0.15, -0.1) is 0 Å². The highest BCUT2D eigenvalue weighted by Gasteiger charge is 2.08. The number of para-hydroxylation sites is 2. The van der Waals surface area contributed by atoms with Crippen molar-refractivity contribution >= 4 is 22.7 Å². The molecule has 0 aliphatic carbocycles. The van der Waals surface area contributed by atoms with E-state index in [0.717, 1.165) is 12.2 Å². The second kappa shape index (κ2) is 7.41. The number of aryl methyl sites for hydroxylation is 1. The van der Waals surface area contributed by atoms with Crippen molar-refractivity contribution in [1.82, 2.24) is 0 Å². The molecule has 0 saturated heterocycles. The maximum atomic E-state index is 3.25. The summed E-state index contributed by atoms with van der Waals surface area (Å²) in [5.41, 5.74) is 3.59. The van der Waals surface area contributed by atoms with Crippen LogP contribution in [0.2, 0.25) is 0 Å². The van der Waals surface area contributed by atoms with Crippen LogP contribution in [0.5, 0.6) is 0 Å². The van der Waals surface area contributed by atoms with Gasteiger partial charge in [0.25, 0.3) is 0 Å². The van der Waals surface area contributed by atoms with Gasteiger partial charge in [-0.3, -0.25) is 0 Å². The summed E-state index contributed by atoms with van der Waals surface area (Å²) in [6, 6.07) is 20.8. The Hall–Kier alpha value is -2.87. The van der Waals surface area contributed by atoms with Crippen LogP contribution in [-0.4, -0.2) is 0 Å². The van der Waals surface area contributed by atoms with Crippen LogP contribution >= 0.6 is 0 Å². The van der Waals surface area contributed by atoms with Crippen LogP contribution in [0, 0.1) is 0 Å². The topological polar surface area (TPSA) is 15.9 Å². The van der Waals surface area contributed by atoms with E-state index in [1.807, 2.05) is 42.6 Å². The van der Waals surface area contributed by atoms with Crippen LogP contribution in [0.15, 0.2) is 85.2 Å². The molecule has 0 atom stereocenters. The Labute approximate surface area is 137 Å². The fourth-order valence-corrected chi connectivity index (χ4v) is 2.62. The number of fused-ring (bicyclic) bond motifs is 1. The lowest BCUT2D eigenvalue weighted by atomic mass is 10.1. The summed E-state index contributed by atoms with van der Waals surface area (Å²) in [6.45, 7) is 3.14. The van der Waals surface area contributed by atoms with Gasteiger partial charge in [0.15, 0.2) is 6.20 Å². The standard InChI is InChI=1S/C21H20N2/c1-2-23-17-15-18(20-13-6-7-14-21(20)23)10-8-9-16-22-19-11-4-3-5-12-19/h3-17H,2H2,1H3/p+1. The molecule has 3 rings (SSSR count). The lowest BCUT2D eigenvalue weighted by Crippen LogP contribution is -2.32. The Balaban J connectivity index is 1.76. The first-order valence-corrected chi connectivity index (χ1v) is 7.94. The fraction of sp³-hybridized carbons (Fsp3) is 0.0952. The van der Waals surface area contributed by atoms with Crippen molar-refractivity contribution in [3.05, 3.63) is 90.8 Å². The molecule has 0 radical (unpaired) electrons. The maximum absolute atomic E-state index is 3.25. The van der Waals surface area contributed by atoms with Crippen LogP contribution in [0.4, 0.5) is 5.69 Å². The molecule has 1 N–H and O–H groups in total. The van der Waals surface area contributed by atoms with Crippen molar-refractivity contribution in [3.63, 3.8) is 0 Å². The number of rotatable bonds is 5. The number of pyridine rings is 1. The average molecular weight is 301 g/mol. The molecule has 0 unspecified atom stereocenters. The third kappa shape index (κ3) is 3.67. The van der Waals surface area contributed by atoms with Crippen molar-refractivity contribution in [3.8, 4) is 0 Å². The predicted octanol–water partition coefficient (Wildman–Crippen LogP) is 4.79. The molecule has 1 aromatic heterocycles. The van der Waals surface area contributed by atoms with Gasteiger partial charge in [-0.1, -0.05) is 42.5 Å². The van der Waals surface area contributed by atoms with Gasteiger partial charge in [0.1, 0.15) is 6.54 Å². The molecule has 2 nitrogen and oxygen atoms in total. The minimum atomic E-state index is 0.978. The number of aromatic nitrogens is 1. The Bertz CT molecular complexity index is 833. The van der Waals surface area contributed by atoms with Gasteiger partial charge in [-0.05, 0) is 36.8 Å². The van der Waals surface area contributed by atoms with Crippen molar-refractivity contribution in [2.75, 3.05) is 5.32 Å². The number of benzene rings is 2. The lowest BCUT2D eigenvalue weighted by Gasteiger charge is -2.02. The molecule has 0 fully saturated rings. The molecule has 0 bridgehead atoms. The van der Waals surface area contributed by atoms with E-state index in [-0.39, 0.29) is 0 Å². The van der Waals surface area contributed by atoms with E-state index in [1.54, 1.807) is 0 Å². The molecule has 0 amide bonds. The van der Waals surface area contributed by atoms with Gasteiger partial charge >= 0.3 is 0 Å². The fourth-order valence-electron chi connectivity index (χ4n) is 2.62. The first kappa shape index (κ1) is 15.0. The molecular weight excluding hydrogens is 280 g/mol. The maximum Gasteiger partial charge on any atom is 0.213 e. The summed E-state index contributed by atoms with van der Waals surface area (Å²) < 4.78 is 2.26. The van der Waals surface area contributed by atoms with Crippen molar-refractivity contribution < 1.29 is 4.57 Å². The molecular formula is C21H21N2+. The summed E-state index contributed by atoms with van der Waals surface area (Å²) in [5.74, 6) is 0. The normalized spacial score (nSPS) is 11.5. The highest BCUT2D eigenvalue weighted by Crippen LogP contribution is 2.16. The van der Waals surface area contributed by atoms with Crippen LogP contribution in [-0.2, 0) is 6.54 Å². The number of hydrogen-bond donors (Lipinski definition) is 1. The quantitative estimate of drug-likeness (QED) is 0.529. The van der Waals surface area contributed by atoms with E-state index in [4.69, 9.17) is 0 Å². The van der Waals surface area contributed by atoms with Crippen molar-refractivity contribution in [2.45, 2.75) is 13.5 Å². The largest absolute Gasteiger partial charge is 0.362 e. The summed E-state index contributed by atoms with van der Waals surface area (Å²) in [5, 5.41) is 4.53. The first-order valence-electron chi connectivity index (χ1n) is 7.94. The van der Waals surface area contributed by atoms with E-state index in [2.05, 4.69) is 65.5 Å². The first-order chi connectivity index (χ1) is 11.4. The number of anilines is 1. The van der Waals surface area contributed by atoms with E-state index in [9.17, 15) is 0 Å². The number of nitrogens with one attached hydrogen (secondary N) is 1. The third-order valence-corrected chi connectivity index (χ3v) is 3.81. The zero-order valence-corrected chi connectivity index (χ0v) is 13.3. The van der Waals surface area contributed by atoms with E-state index in [0.29, 0.717) is 0 Å². The molecule has 1 heterocycles. The Kier molecular flexibility index (Phi) is 4.85. The highest BCUT2D eigenvalue weighted by atomic mass is 14.9. The summed E-state index contributed by atoms with van der Waals surface area (Å²) in [4.78, 5) is 0. The van der Waals surface area contributed by atoms with E-state index < -0.39 is 0 Å². The molecule has 0 aliphatic heterocycles. The summed E-state index contributed by atoms with van der Waals surface area (Å²) in [6.07, 6.45) is 10.3. The molecule has 2 aromatic carbocycles. The van der Waals surface area contributed by atoms with Crippen molar-refractivity contribution in [2.24, 2.45) is 0 Å². The summed E-state index contributed by atoms with van der Waals surface area (Å²) >= 11 is 0. The van der Waals surface area contributed by atoms with Gasteiger partial charge in [-0.2, -0.15) is 4.57 Å². The van der Waals surface area contributed by atoms with Crippen LogP contribution in [0.25, 0.3) is 17.0 Å². The molecule has 23 heavy (non-hydrogen) atoms. The molecule has 3 aromatic rings. The smallest absolute Gasteiger partial charge is 0.213 e. The SMILES string of the molecule is CC[n+]1ccc(C=CC=CNc2ccccc2)c2ccccc21. The number of allylic oxidation sites excluding steroid dienone is 2. The Morgan fingerprint density at radius 2 is 1.70 bits per heavy atom. The van der Waals surface area contributed by atoms with Gasteiger partial charge in [0.05, 0.1) is 5.39 Å². The second-order valence-corrected chi connectivity index (χ2v) is 5.30. The summed E-state index contributed by atoms with van der Waals surface area (Å²) in [7, 11) is 0. The van der Waals surface area contributed by atoms with Crippen LogP contribution in [0.3, 0.4) is 0 Å². The van der Waals surface area contributed by atoms with Gasteiger partial charge in [0, 0.05) is 24.0 Å². The molecule has 0 spiro atoms. The van der Waals surface area contributed by atoms with Crippen molar-refractivity contribution in [1.29, 1.82) is 0 Å². The van der Waals surface area contributed by atoms with Gasteiger partial charge in [0.2, 0.25) is 5.52 Å². The van der Waals surface area contributed by atoms with Crippen LogP contribution < -0.4 is 9.88 Å². The third-order valence-electron chi connectivity index (χ3n) is 3.81. The zero-order valence-electron chi connectivity index (χ0n) is 13.3. The highest BCUT2D eigenvalue weighted by molar-refractivity contribution is 5.85. The Morgan fingerprint density at radius 1 is 0.913 bits per heavy atom. The zero-order chi connectivity index (χ0) is 15.9.